The van der Waals surface area contributed by atoms with Gasteiger partial charge in [0.2, 0.25) is 0 Å². The van der Waals surface area contributed by atoms with Gasteiger partial charge in [0.05, 0.1) is 12.8 Å². The van der Waals surface area contributed by atoms with Crippen molar-refractivity contribution in [1.82, 2.24) is 10.3 Å². The van der Waals surface area contributed by atoms with Crippen LogP contribution in [0.15, 0.2) is 18.3 Å². The number of carbonyl (C=O) groups excluding carboxylic acids is 1. The number of nitrogens with zero attached hydrogens (tertiary/aromatic N) is 1. The zero-order valence-corrected chi connectivity index (χ0v) is 10.3. The Bertz CT molecular complexity index is 433. The Balaban J connectivity index is 1.84. The Morgan fingerprint density at radius 3 is 2.94 bits per heavy atom. The first-order valence-electron chi connectivity index (χ1n) is 5.68. The third-order valence-corrected chi connectivity index (χ3v) is 2.52. The van der Waals surface area contributed by atoms with Gasteiger partial charge >= 0.3 is 0 Å². The molecule has 1 unspecified atom stereocenters. The van der Waals surface area contributed by atoms with E-state index in [0.29, 0.717) is 13.2 Å². The van der Waals surface area contributed by atoms with Crippen molar-refractivity contribution < 1.29 is 18.7 Å². The molecular weight excluding hydrogens is 239 g/mol. The number of aromatic nitrogens is 1. The van der Waals surface area contributed by atoms with Crippen molar-refractivity contribution in [3.05, 3.63) is 29.8 Å². The molecule has 1 aromatic heterocycles. The molecule has 18 heavy (non-hydrogen) atoms. The molecule has 1 atom stereocenters. The van der Waals surface area contributed by atoms with Gasteiger partial charge < -0.3 is 14.8 Å². The molecule has 2 heterocycles. The van der Waals surface area contributed by atoms with E-state index in [4.69, 9.17) is 9.47 Å². The van der Waals surface area contributed by atoms with Gasteiger partial charge in [0.25, 0.3) is 5.91 Å². The quantitative estimate of drug-likeness (QED) is 0.877. The van der Waals surface area contributed by atoms with Gasteiger partial charge in [-0.2, -0.15) is 0 Å². The van der Waals surface area contributed by atoms with Crippen molar-refractivity contribution in [2.75, 3.05) is 13.2 Å². The van der Waals surface area contributed by atoms with Crippen LogP contribution in [0.2, 0.25) is 0 Å². The summed E-state index contributed by atoms with van der Waals surface area (Å²) in [6.45, 7) is 4.40. The normalized spacial score (nSPS) is 21.8. The molecule has 1 N–H and O–H groups in total. The summed E-state index contributed by atoms with van der Waals surface area (Å²) in [5, 5.41) is 2.67. The first-order valence-corrected chi connectivity index (χ1v) is 5.68. The highest BCUT2D eigenvalue weighted by Gasteiger charge is 2.32. The molecule has 0 bridgehead atoms. The van der Waals surface area contributed by atoms with Crippen LogP contribution in [0.25, 0.3) is 0 Å². The molecule has 2 rings (SSSR count). The van der Waals surface area contributed by atoms with Crippen LogP contribution in [0.3, 0.4) is 0 Å². The topological polar surface area (TPSA) is 60.5 Å². The molecule has 5 nitrogen and oxygen atoms in total. The van der Waals surface area contributed by atoms with Crippen LogP contribution >= 0.6 is 0 Å². The van der Waals surface area contributed by atoms with Gasteiger partial charge in [-0.05, 0) is 26.0 Å². The van der Waals surface area contributed by atoms with Gasteiger partial charge in [-0.3, -0.25) is 4.79 Å². The number of rotatable bonds is 3. The van der Waals surface area contributed by atoms with E-state index in [-0.39, 0.29) is 17.7 Å². The van der Waals surface area contributed by atoms with Gasteiger partial charge in [0, 0.05) is 6.54 Å². The van der Waals surface area contributed by atoms with E-state index in [9.17, 15) is 9.18 Å². The first kappa shape index (κ1) is 12.9. The summed E-state index contributed by atoms with van der Waals surface area (Å²) in [6, 6.07) is 2.53. The van der Waals surface area contributed by atoms with Crippen molar-refractivity contribution in [2.24, 2.45) is 0 Å². The summed E-state index contributed by atoms with van der Waals surface area (Å²) >= 11 is 0. The summed E-state index contributed by atoms with van der Waals surface area (Å²) < 4.78 is 23.5. The minimum Gasteiger partial charge on any atom is -0.348 e. The second kappa shape index (κ2) is 4.99. The van der Waals surface area contributed by atoms with Gasteiger partial charge in [-0.1, -0.05) is 0 Å². The fourth-order valence-electron chi connectivity index (χ4n) is 1.67. The van der Waals surface area contributed by atoms with Crippen LogP contribution in [-0.2, 0) is 9.47 Å². The van der Waals surface area contributed by atoms with Gasteiger partial charge in [-0.15, -0.1) is 0 Å². The van der Waals surface area contributed by atoms with Crippen molar-refractivity contribution in [3.63, 3.8) is 0 Å². The zero-order valence-electron chi connectivity index (χ0n) is 10.3. The Labute approximate surface area is 104 Å². The summed E-state index contributed by atoms with van der Waals surface area (Å²) in [7, 11) is 0. The van der Waals surface area contributed by atoms with Crippen molar-refractivity contribution in [2.45, 2.75) is 25.7 Å². The minimum atomic E-state index is -0.608. The lowest BCUT2D eigenvalue weighted by Gasteiger charge is -2.17. The maximum atomic E-state index is 12.6. The molecule has 1 aliphatic heterocycles. The van der Waals surface area contributed by atoms with Crippen LogP contribution in [-0.4, -0.2) is 35.9 Å². The fourth-order valence-corrected chi connectivity index (χ4v) is 1.67. The lowest BCUT2D eigenvalue weighted by atomic mass is 10.3. The molecular formula is C12H15FN2O3. The fraction of sp³-hybridized carbons (Fsp3) is 0.500. The van der Waals surface area contributed by atoms with E-state index < -0.39 is 11.6 Å². The molecule has 0 aliphatic carbocycles. The Kier molecular flexibility index (Phi) is 3.58. The predicted molar refractivity (Wildman–Crippen MR) is 61.4 cm³/mol. The lowest BCUT2D eigenvalue weighted by Crippen LogP contribution is -2.34. The minimum absolute atomic E-state index is 0.176. The Morgan fingerprint density at radius 2 is 2.39 bits per heavy atom. The molecule has 98 valence electrons. The maximum absolute atomic E-state index is 12.6. The molecule has 1 aliphatic rings. The third-order valence-electron chi connectivity index (χ3n) is 2.52. The molecule has 0 spiro atoms. The molecule has 1 amide bonds. The van der Waals surface area contributed by atoms with Gasteiger partial charge in [-0.25, -0.2) is 9.37 Å². The Morgan fingerprint density at radius 1 is 1.61 bits per heavy atom. The number of nitrogens with one attached hydrogen (secondary N) is 1. The molecule has 0 aromatic carbocycles. The van der Waals surface area contributed by atoms with E-state index in [1.54, 1.807) is 0 Å². The highest BCUT2D eigenvalue weighted by Crippen LogP contribution is 2.21. The van der Waals surface area contributed by atoms with Crippen LogP contribution in [0.4, 0.5) is 4.39 Å². The van der Waals surface area contributed by atoms with Crippen LogP contribution < -0.4 is 5.32 Å². The third kappa shape index (κ3) is 3.24. The molecule has 1 fully saturated rings. The molecule has 6 heteroatoms. The van der Waals surface area contributed by atoms with E-state index >= 15 is 0 Å². The number of ether oxygens (including phenoxy) is 2. The molecule has 0 radical (unpaired) electrons. The van der Waals surface area contributed by atoms with Crippen molar-refractivity contribution >= 4 is 5.91 Å². The van der Waals surface area contributed by atoms with Crippen molar-refractivity contribution in [3.8, 4) is 0 Å². The van der Waals surface area contributed by atoms with Crippen LogP contribution in [0.5, 0.6) is 0 Å². The second-order valence-electron chi connectivity index (χ2n) is 4.52. The number of halogens is 1. The highest BCUT2D eigenvalue weighted by molar-refractivity contribution is 5.92. The van der Waals surface area contributed by atoms with E-state index in [2.05, 4.69) is 10.3 Å². The highest BCUT2D eigenvalue weighted by atomic mass is 19.1. The smallest absolute Gasteiger partial charge is 0.269 e. The number of hydrogen-bond acceptors (Lipinski definition) is 4. The SMILES string of the molecule is CC1(C)OCC(CNC(=O)c2ccc(F)cn2)O1. The van der Waals surface area contributed by atoms with Crippen molar-refractivity contribution in [1.29, 1.82) is 0 Å². The van der Waals surface area contributed by atoms with E-state index in [0.717, 1.165) is 6.20 Å². The predicted octanol–water partition coefficient (Wildman–Crippen LogP) is 1.10. The van der Waals surface area contributed by atoms with Gasteiger partial charge in [0.1, 0.15) is 17.6 Å². The number of carbonyl (C=O) groups is 1. The summed E-state index contributed by atoms with van der Waals surface area (Å²) in [6.07, 6.45) is 0.831. The average molecular weight is 254 g/mol. The van der Waals surface area contributed by atoms with Crippen LogP contribution in [0, 0.1) is 5.82 Å². The number of hydrogen-bond donors (Lipinski definition) is 1. The van der Waals surface area contributed by atoms with Gasteiger partial charge in [0.15, 0.2) is 5.79 Å². The standard InChI is InChI=1S/C12H15FN2O3/c1-12(2)17-7-9(18-12)6-15-11(16)10-4-3-8(13)5-14-10/h3-5,9H,6-7H2,1-2H3,(H,15,16). The summed E-state index contributed by atoms with van der Waals surface area (Å²) in [5.74, 6) is -1.44. The second-order valence-corrected chi connectivity index (χ2v) is 4.52. The molecule has 1 saturated heterocycles. The zero-order chi connectivity index (χ0) is 13.2. The lowest BCUT2D eigenvalue weighted by molar-refractivity contribution is -0.137. The van der Waals surface area contributed by atoms with E-state index in [1.165, 1.54) is 12.1 Å². The number of amides is 1. The Hall–Kier alpha value is -1.53. The first-order chi connectivity index (χ1) is 8.46. The monoisotopic (exact) mass is 254 g/mol. The largest absolute Gasteiger partial charge is 0.348 e. The molecule has 1 aromatic rings. The summed E-state index contributed by atoms with van der Waals surface area (Å²) in [4.78, 5) is 15.4. The average Bonchev–Trinajstić information content (AvgIpc) is 2.67. The number of pyridine rings is 1. The molecule has 0 saturated carbocycles. The maximum Gasteiger partial charge on any atom is 0.269 e. The van der Waals surface area contributed by atoms with E-state index in [1.807, 2.05) is 13.8 Å². The summed E-state index contributed by atoms with van der Waals surface area (Å²) in [5.41, 5.74) is 0.176. The van der Waals surface area contributed by atoms with Crippen LogP contribution in [0.1, 0.15) is 24.3 Å².